The van der Waals surface area contributed by atoms with E-state index in [4.69, 9.17) is 28.4 Å². The Morgan fingerprint density at radius 3 is 2.24 bits per heavy atom. The van der Waals surface area contributed by atoms with Crippen molar-refractivity contribution in [1.29, 1.82) is 0 Å². The lowest BCUT2D eigenvalue weighted by molar-refractivity contribution is -0.134. The van der Waals surface area contributed by atoms with Crippen LogP contribution in [-0.2, 0) is 23.8 Å². The Balaban J connectivity index is 2.01. The predicted octanol–water partition coefficient (Wildman–Crippen LogP) is 4.58. The number of benzene rings is 2. The van der Waals surface area contributed by atoms with Crippen LogP contribution in [-0.4, -0.2) is 55.5 Å². The molecule has 222 valence electrons. The number of alkyl carbamates (subject to hydrolysis) is 1. The summed E-state index contributed by atoms with van der Waals surface area (Å²) in [4.78, 5) is 60.5. The molecule has 0 atom stereocenters. The van der Waals surface area contributed by atoms with Crippen LogP contribution in [0.4, 0.5) is 4.79 Å². The molecule has 2 rings (SSSR count). The van der Waals surface area contributed by atoms with Gasteiger partial charge in [-0.3, -0.25) is 9.59 Å². The number of ether oxygens (including phenoxy) is 6. The number of carbonyl (C=O) groups excluding carboxylic acids is 5. The summed E-state index contributed by atoms with van der Waals surface area (Å²) < 4.78 is 31.2. The molecule has 2 aromatic rings. The van der Waals surface area contributed by atoms with Crippen molar-refractivity contribution >= 4 is 30.0 Å². The third-order valence-electron chi connectivity index (χ3n) is 4.90. The number of hydrogen-bond donors (Lipinski definition) is 1. The van der Waals surface area contributed by atoms with Gasteiger partial charge < -0.3 is 33.7 Å². The standard InChI is InChI=1S/C29H35NO11/c1-6-7-16-36-23-13-12-20(17-24(23)40-25(32)14-15-30-28(35)41-29(3,4)5)26(33)37-18-38-27(34)21-10-8-9-11-22(21)39-19(2)31/h8-13,17H,6-7,14-16,18H2,1-5H3,(H,30,35). The Morgan fingerprint density at radius 1 is 0.854 bits per heavy atom. The molecule has 0 radical (unpaired) electrons. The monoisotopic (exact) mass is 573 g/mol. The van der Waals surface area contributed by atoms with Crippen LogP contribution in [0.25, 0.3) is 0 Å². The molecule has 2 aromatic carbocycles. The molecule has 0 aliphatic rings. The van der Waals surface area contributed by atoms with Crippen LogP contribution in [0.3, 0.4) is 0 Å². The minimum absolute atomic E-state index is 0.00103. The molecule has 0 aliphatic carbocycles. The van der Waals surface area contributed by atoms with E-state index >= 15 is 0 Å². The molecule has 0 heterocycles. The zero-order chi connectivity index (χ0) is 30.4. The number of nitrogens with one attached hydrogen (secondary N) is 1. The molecule has 0 unspecified atom stereocenters. The Labute approximate surface area is 238 Å². The third-order valence-corrected chi connectivity index (χ3v) is 4.90. The van der Waals surface area contributed by atoms with Gasteiger partial charge in [0.15, 0.2) is 11.5 Å². The molecule has 1 N–H and O–H groups in total. The highest BCUT2D eigenvalue weighted by Crippen LogP contribution is 2.29. The van der Waals surface area contributed by atoms with Gasteiger partial charge in [-0.15, -0.1) is 0 Å². The van der Waals surface area contributed by atoms with E-state index in [9.17, 15) is 24.0 Å². The van der Waals surface area contributed by atoms with Gasteiger partial charge in [-0.05, 0) is 57.5 Å². The lowest BCUT2D eigenvalue weighted by atomic mass is 10.2. The summed E-state index contributed by atoms with van der Waals surface area (Å²) in [7, 11) is 0. The van der Waals surface area contributed by atoms with Crippen LogP contribution < -0.4 is 19.5 Å². The van der Waals surface area contributed by atoms with Crippen molar-refractivity contribution in [1.82, 2.24) is 5.32 Å². The topological polar surface area (TPSA) is 153 Å². The Hall–Kier alpha value is -4.61. The van der Waals surface area contributed by atoms with E-state index in [1.54, 1.807) is 32.9 Å². The number of carbonyl (C=O) groups is 5. The van der Waals surface area contributed by atoms with Gasteiger partial charge in [-0.2, -0.15) is 0 Å². The fourth-order valence-corrected chi connectivity index (χ4v) is 3.09. The first-order chi connectivity index (χ1) is 19.4. The lowest BCUT2D eigenvalue weighted by Crippen LogP contribution is -2.34. The van der Waals surface area contributed by atoms with Crippen molar-refractivity contribution in [2.75, 3.05) is 19.9 Å². The van der Waals surface area contributed by atoms with E-state index in [2.05, 4.69) is 5.32 Å². The largest absolute Gasteiger partial charge is 0.490 e. The van der Waals surface area contributed by atoms with Gasteiger partial charge in [-0.1, -0.05) is 25.5 Å². The average Bonchev–Trinajstić information content (AvgIpc) is 2.88. The van der Waals surface area contributed by atoms with Crippen LogP contribution in [0.2, 0.25) is 0 Å². The second kappa shape index (κ2) is 15.8. The smallest absolute Gasteiger partial charge is 0.407 e. The average molecular weight is 574 g/mol. The van der Waals surface area contributed by atoms with E-state index < -0.39 is 42.4 Å². The van der Waals surface area contributed by atoms with E-state index in [1.807, 2.05) is 6.92 Å². The summed E-state index contributed by atoms with van der Waals surface area (Å²) in [6, 6.07) is 10.1. The van der Waals surface area contributed by atoms with Gasteiger partial charge >= 0.3 is 30.0 Å². The molecule has 0 spiro atoms. The number of esters is 4. The van der Waals surface area contributed by atoms with Crippen molar-refractivity contribution in [2.24, 2.45) is 0 Å². The van der Waals surface area contributed by atoms with Crippen LogP contribution in [0.5, 0.6) is 17.2 Å². The molecule has 12 heteroatoms. The molecule has 1 amide bonds. The first-order valence-electron chi connectivity index (χ1n) is 13.0. The summed E-state index contributed by atoms with van der Waals surface area (Å²) in [6.45, 7) is 7.92. The number of para-hydroxylation sites is 1. The SMILES string of the molecule is CCCCOc1ccc(C(=O)OCOC(=O)c2ccccc2OC(C)=O)cc1OC(=O)CCNC(=O)OC(C)(C)C. The van der Waals surface area contributed by atoms with Crippen LogP contribution in [0.1, 0.15) is 74.6 Å². The number of amides is 1. The first kappa shape index (κ1) is 32.6. The van der Waals surface area contributed by atoms with Crippen molar-refractivity contribution in [3.05, 3.63) is 53.6 Å². The molecule has 0 aromatic heterocycles. The molecule has 12 nitrogen and oxygen atoms in total. The Bertz CT molecular complexity index is 1230. The fourth-order valence-electron chi connectivity index (χ4n) is 3.09. The summed E-state index contributed by atoms with van der Waals surface area (Å²) in [5.74, 6) is -2.83. The van der Waals surface area contributed by atoms with Gasteiger partial charge in [-0.25, -0.2) is 14.4 Å². The molecule has 0 saturated heterocycles. The molecule has 0 saturated carbocycles. The van der Waals surface area contributed by atoms with Gasteiger partial charge in [0.1, 0.15) is 16.9 Å². The first-order valence-corrected chi connectivity index (χ1v) is 13.0. The molecule has 0 fully saturated rings. The number of unbranched alkanes of at least 4 members (excludes halogenated alkanes) is 1. The van der Waals surface area contributed by atoms with Gasteiger partial charge in [0.2, 0.25) is 6.79 Å². The zero-order valence-electron chi connectivity index (χ0n) is 23.8. The van der Waals surface area contributed by atoms with Gasteiger partial charge in [0.25, 0.3) is 0 Å². The molecule has 0 bridgehead atoms. The highest BCUT2D eigenvalue weighted by molar-refractivity contribution is 5.94. The highest BCUT2D eigenvalue weighted by Gasteiger charge is 2.19. The van der Waals surface area contributed by atoms with Crippen molar-refractivity contribution in [3.8, 4) is 17.2 Å². The molecular weight excluding hydrogens is 538 g/mol. The van der Waals surface area contributed by atoms with Crippen LogP contribution >= 0.6 is 0 Å². The van der Waals surface area contributed by atoms with E-state index in [0.717, 1.165) is 12.8 Å². The summed E-state index contributed by atoms with van der Waals surface area (Å²) in [5, 5.41) is 2.47. The number of rotatable bonds is 13. The number of hydrogen-bond acceptors (Lipinski definition) is 11. The Kier molecular flexibility index (Phi) is 12.6. The lowest BCUT2D eigenvalue weighted by Gasteiger charge is -2.19. The third kappa shape index (κ3) is 12.0. The minimum Gasteiger partial charge on any atom is -0.490 e. The van der Waals surface area contributed by atoms with Gasteiger partial charge in [0, 0.05) is 13.5 Å². The Morgan fingerprint density at radius 2 is 1.56 bits per heavy atom. The van der Waals surface area contributed by atoms with Gasteiger partial charge in [0.05, 0.1) is 18.6 Å². The normalized spacial score (nSPS) is 10.7. The highest BCUT2D eigenvalue weighted by atomic mass is 16.7. The quantitative estimate of drug-likeness (QED) is 0.155. The molecule has 0 aliphatic heterocycles. The maximum Gasteiger partial charge on any atom is 0.407 e. The minimum atomic E-state index is -0.871. The van der Waals surface area contributed by atoms with Crippen LogP contribution in [0, 0.1) is 0 Å². The molecular formula is C29H35NO11. The zero-order valence-corrected chi connectivity index (χ0v) is 23.8. The summed E-state index contributed by atoms with van der Waals surface area (Å²) in [5.41, 5.74) is -0.710. The van der Waals surface area contributed by atoms with E-state index in [-0.39, 0.29) is 41.3 Å². The van der Waals surface area contributed by atoms with E-state index in [0.29, 0.717) is 6.61 Å². The van der Waals surface area contributed by atoms with Crippen molar-refractivity contribution in [2.45, 2.75) is 59.5 Å². The van der Waals surface area contributed by atoms with E-state index in [1.165, 1.54) is 37.3 Å². The predicted molar refractivity (Wildman–Crippen MR) is 145 cm³/mol. The maximum absolute atomic E-state index is 12.6. The second-order valence-electron chi connectivity index (χ2n) is 9.59. The summed E-state index contributed by atoms with van der Waals surface area (Å²) in [6.07, 6.45) is 0.782. The maximum atomic E-state index is 12.6. The second-order valence-corrected chi connectivity index (χ2v) is 9.59. The van der Waals surface area contributed by atoms with Crippen LogP contribution in [0.15, 0.2) is 42.5 Å². The van der Waals surface area contributed by atoms with Crippen molar-refractivity contribution in [3.63, 3.8) is 0 Å². The molecule has 41 heavy (non-hydrogen) atoms. The fraction of sp³-hybridized carbons (Fsp3) is 0.414. The summed E-state index contributed by atoms with van der Waals surface area (Å²) >= 11 is 0. The van der Waals surface area contributed by atoms with Crippen molar-refractivity contribution < 1.29 is 52.4 Å².